The topological polar surface area (TPSA) is 49.9 Å². The standard InChI is InChI=1S/C26H36N2O3S/c1-6-25(29)27(15-18(2)3)16-26(30)28-13-11-24-22(12-14-32-24)23(28)17-31-21-9-7-20(8-10-21)19(4)5/h7-10,12,14,18-19,23H,6,11,13,15-17H2,1-5H3/t23-/m1/s1. The third kappa shape index (κ3) is 5.91. The van der Waals surface area contributed by atoms with Crippen LogP contribution in [0.25, 0.3) is 0 Å². The van der Waals surface area contributed by atoms with Gasteiger partial charge in [-0.1, -0.05) is 46.8 Å². The van der Waals surface area contributed by atoms with Gasteiger partial charge in [0, 0.05) is 24.4 Å². The molecule has 0 N–H and O–H groups in total. The van der Waals surface area contributed by atoms with Gasteiger partial charge < -0.3 is 14.5 Å². The molecule has 2 aromatic rings. The average molecular weight is 457 g/mol. The molecule has 1 aliphatic rings. The zero-order chi connectivity index (χ0) is 23.3. The minimum Gasteiger partial charge on any atom is -0.491 e. The molecule has 5 nitrogen and oxygen atoms in total. The molecule has 0 saturated heterocycles. The fourth-order valence-corrected chi connectivity index (χ4v) is 5.10. The lowest BCUT2D eigenvalue weighted by atomic mass is 10.00. The number of hydrogen-bond donors (Lipinski definition) is 0. The van der Waals surface area contributed by atoms with Crippen LogP contribution in [0.5, 0.6) is 5.75 Å². The van der Waals surface area contributed by atoms with Crippen LogP contribution < -0.4 is 4.74 Å². The number of benzene rings is 1. The van der Waals surface area contributed by atoms with Crippen LogP contribution in [-0.4, -0.2) is 47.9 Å². The molecule has 0 unspecified atom stereocenters. The Balaban J connectivity index is 1.75. The number of carbonyl (C=O) groups excluding carboxylic acids is 2. The van der Waals surface area contributed by atoms with Gasteiger partial charge in [0.25, 0.3) is 0 Å². The van der Waals surface area contributed by atoms with Gasteiger partial charge >= 0.3 is 0 Å². The number of ether oxygens (including phenoxy) is 1. The highest BCUT2D eigenvalue weighted by molar-refractivity contribution is 7.10. The number of rotatable bonds is 9. The lowest BCUT2D eigenvalue weighted by Crippen LogP contribution is -2.48. The third-order valence-electron chi connectivity index (χ3n) is 5.94. The van der Waals surface area contributed by atoms with E-state index in [4.69, 9.17) is 4.74 Å². The molecule has 1 aliphatic heterocycles. The van der Waals surface area contributed by atoms with Gasteiger partial charge in [0.2, 0.25) is 11.8 Å². The second-order valence-corrected chi connectivity index (χ2v) is 10.2. The number of fused-ring (bicyclic) bond motifs is 1. The molecular weight excluding hydrogens is 420 g/mol. The first kappa shape index (κ1) is 24.3. The Kier molecular flexibility index (Phi) is 8.35. The first-order chi connectivity index (χ1) is 15.3. The van der Waals surface area contributed by atoms with Gasteiger partial charge in [-0.05, 0) is 53.0 Å². The predicted molar refractivity (Wildman–Crippen MR) is 130 cm³/mol. The van der Waals surface area contributed by atoms with Crippen molar-refractivity contribution in [3.63, 3.8) is 0 Å². The normalized spacial score (nSPS) is 15.7. The molecule has 2 amide bonds. The van der Waals surface area contributed by atoms with Crippen LogP contribution in [0.2, 0.25) is 0 Å². The van der Waals surface area contributed by atoms with Gasteiger partial charge in [-0.15, -0.1) is 11.3 Å². The largest absolute Gasteiger partial charge is 0.491 e. The highest BCUT2D eigenvalue weighted by Gasteiger charge is 2.33. The van der Waals surface area contributed by atoms with Crippen LogP contribution in [0.4, 0.5) is 0 Å². The van der Waals surface area contributed by atoms with Gasteiger partial charge in [0.05, 0.1) is 12.6 Å². The second kappa shape index (κ2) is 11.0. The van der Waals surface area contributed by atoms with Crippen LogP contribution in [0, 0.1) is 5.92 Å². The molecule has 1 aromatic carbocycles. The highest BCUT2D eigenvalue weighted by Crippen LogP contribution is 2.34. The number of thiophene rings is 1. The maximum atomic E-state index is 13.4. The summed E-state index contributed by atoms with van der Waals surface area (Å²) in [5.74, 6) is 1.62. The SMILES string of the molecule is CCC(=O)N(CC(=O)N1CCc2sccc2[C@H]1COc1ccc(C(C)C)cc1)CC(C)C. The second-order valence-electron chi connectivity index (χ2n) is 9.21. The van der Waals surface area contributed by atoms with E-state index in [1.807, 2.05) is 24.0 Å². The Morgan fingerprint density at radius 3 is 2.50 bits per heavy atom. The van der Waals surface area contributed by atoms with Crippen molar-refractivity contribution < 1.29 is 14.3 Å². The van der Waals surface area contributed by atoms with Crippen molar-refractivity contribution >= 4 is 23.2 Å². The van der Waals surface area contributed by atoms with Crippen LogP contribution in [0.3, 0.4) is 0 Å². The summed E-state index contributed by atoms with van der Waals surface area (Å²) in [5, 5.41) is 2.09. The van der Waals surface area contributed by atoms with E-state index in [0.717, 1.165) is 12.2 Å². The Labute approximate surface area is 196 Å². The Morgan fingerprint density at radius 2 is 1.88 bits per heavy atom. The van der Waals surface area contributed by atoms with Crippen LogP contribution in [0.15, 0.2) is 35.7 Å². The molecule has 6 heteroatoms. The van der Waals surface area contributed by atoms with E-state index in [-0.39, 0.29) is 24.4 Å². The maximum absolute atomic E-state index is 13.4. The van der Waals surface area contributed by atoms with Gasteiger partial charge in [-0.3, -0.25) is 9.59 Å². The molecule has 1 atom stereocenters. The van der Waals surface area contributed by atoms with Crippen molar-refractivity contribution in [2.24, 2.45) is 5.92 Å². The van der Waals surface area contributed by atoms with E-state index < -0.39 is 0 Å². The molecule has 0 bridgehead atoms. The quantitative estimate of drug-likeness (QED) is 0.516. The number of hydrogen-bond acceptors (Lipinski definition) is 4. The molecule has 1 aromatic heterocycles. The molecule has 174 valence electrons. The summed E-state index contributed by atoms with van der Waals surface area (Å²) >= 11 is 1.74. The molecule has 3 rings (SSSR count). The third-order valence-corrected chi connectivity index (χ3v) is 6.93. The number of amides is 2. The zero-order valence-electron chi connectivity index (χ0n) is 20.0. The van der Waals surface area contributed by atoms with Crippen molar-refractivity contribution in [2.45, 2.75) is 59.4 Å². The summed E-state index contributed by atoms with van der Waals surface area (Å²) in [6, 6.07) is 10.2. The maximum Gasteiger partial charge on any atom is 0.242 e. The van der Waals surface area contributed by atoms with Gasteiger partial charge in [-0.2, -0.15) is 0 Å². The summed E-state index contributed by atoms with van der Waals surface area (Å²) in [5.41, 5.74) is 2.45. The summed E-state index contributed by atoms with van der Waals surface area (Å²) in [6.07, 6.45) is 1.26. The van der Waals surface area contributed by atoms with Crippen LogP contribution in [-0.2, 0) is 16.0 Å². The van der Waals surface area contributed by atoms with Crippen molar-refractivity contribution in [1.82, 2.24) is 9.80 Å². The summed E-state index contributed by atoms with van der Waals surface area (Å²) in [4.78, 5) is 30.7. The predicted octanol–water partition coefficient (Wildman–Crippen LogP) is 5.27. The summed E-state index contributed by atoms with van der Waals surface area (Å²) in [7, 11) is 0. The lowest BCUT2D eigenvalue weighted by molar-refractivity contribution is -0.143. The van der Waals surface area contributed by atoms with Crippen molar-refractivity contribution in [3.05, 3.63) is 51.7 Å². The molecule has 0 radical (unpaired) electrons. The molecule has 0 spiro atoms. The minimum absolute atomic E-state index is 0.00643. The van der Waals surface area contributed by atoms with Gasteiger partial charge in [0.15, 0.2) is 0 Å². The number of nitrogens with zero attached hydrogens (tertiary/aromatic N) is 2. The molecule has 0 saturated carbocycles. The van der Waals surface area contributed by atoms with Crippen LogP contribution in [0.1, 0.15) is 69.0 Å². The monoisotopic (exact) mass is 456 g/mol. The van der Waals surface area contributed by atoms with Crippen molar-refractivity contribution in [1.29, 1.82) is 0 Å². The minimum atomic E-state index is -0.139. The smallest absolute Gasteiger partial charge is 0.242 e. The fourth-order valence-electron chi connectivity index (χ4n) is 4.17. The van der Waals surface area contributed by atoms with E-state index in [2.05, 4.69) is 51.3 Å². The fraction of sp³-hybridized carbons (Fsp3) is 0.538. The first-order valence-electron chi connectivity index (χ1n) is 11.7. The van der Waals surface area contributed by atoms with Gasteiger partial charge in [0.1, 0.15) is 12.4 Å². The van der Waals surface area contributed by atoms with E-state index >= 15 is 0 Å². The van der Waals surface area contributed by atoms with E-state index in [0.29, 0.717) is 38.0 Å². The Morgan fingerprint density at radius 1 is 1.16 bits per heavy atom. The lowest BCUT2D eigenvalue weighted by Gasteiger charge is -2.37. The zero-order valence-corrected chi connectivity index (χ0v) is 20.8. The van der Waals surface area contributed by atoms with Gasteiger partial charge in [-0.25, -0.2) is 0 Å². The molecule has 0 aliphatic carbocycles. The molecule has 2 heterocycles. The number of carbonyl (C=O) groups is 2. The Bertz CT molecular complexity index is 904. The van der Waals surface area contributed by atoms with E-state index in [1.165, 1.54) is 16.0 Å². The van der Waals surface area contributed by atoms with E-state index in [1.54, 1.807) is 16.2 Å². The Hall–Kier alpha value is -2.34. The summed E-state index contributed by atoms with van der Waals surface area (Å²) in [6.45, 7) is 12.1. The van der Waals surface area contributed by atoms with E-state index in [9.17, 15) is 9.59 Å². The van der Waals surface area contributed by atoms with Crippen LogP contribution >= 0.6 is 11.3 Å². The molecule has 0 fully saturated rings. The molecule has 32 heavy (non-hydrogen) atoms. The highest BCUT2D eigenvalue weighted by atomic mass is 32.1. The summed E-state index contributed by atoms with van der Waals surface area (Å²) < 4.78 is 6.16. The van der Waals surface area contributed by atoms with Crippen molar-refractivity contribution in [3.8, 4) is 5.75 Å². The van der Waals surface area contributed by atoms with Crippen molar-refractivity contribution in [2.75, 3.05) is 26.2 Å². The molecular formula is C26H36N2O3S. The average Bonchev–Trinajstić information content (AvgIpc) is 3.25. The first-order valence-corrected chi connectivity index (χ1v) is 12.5.